The molecule has 0 atom stereocenters. The SMILES string of the molecule is O=[N+]([O-])c1ccc2c(c1)C(c1ccccc1F)=NCC(OP(=O)(N1CCOCC1)N1CCOCC1)=N2. The van der Waals surface area contributed by atoms with Gasteiger partial charge in [0, 0.05) is 49.4 Å². The van der Waals surface area contributed by atoms with Gasteiger partial charge in [0.1, 0.15) is 12.4 Å². The van der Waals surface area contributed by atoms with Crippen molar-refractivity contribution < 1.29 is 27.9 Å². The average molecular weight is 517 g/mol. The topological polar surface area (TPSA) is 119 Å². The van der Waals surface area contributed by atoms with Crippen LogP contribution >= 0.6 is 7.67 Å². The van der Waals surface area contributed by atoms with Crippen LogP contribution in [0.4, 0.5) is 15.8 Å². The molecule has 2 saturated heterocycles. The highest BCUT2D eigenvalue weighted by Gasteiger charge is 2.43. The number of nitro benzene ring substituents is 1. The molecule has 0 radical (unpaired) electrons. The molecule has 5 rings (SSSR count). The Morgan fingerprint density at radius 2 is 1.61 bits per heavy atom. The number of hydrogen-bond donors (Lipinski definition) is 0. The van der Waals surface area contributed by atoms with Crippen molar-refractivity contribution in [3.63, 3.8) is 0 Å². The van der Waals surface area contributed by atoms with Gasteiger partial charge in [0.25, 0.3) is 5.69 Å². The number of rotatable bonds is 5. The minimum absolute atomic E-state index is 0.0813. The molecule has 190 valence electrons. The predicted molar refractivity (Wildman–Crippen MR) is 131 cm³/mol. The Bertz CT molecular complexity index is 1240. The number of halogens is 1. The van der Waals surface area contributed by atoms with E-state index in [1.807, 2.05) is 0 Å². The van der Waals surface area contributed by atoms with Gasteiger partial charge in [-0.15, -0.1) is 0 Å². The summed E-state index contributed by atoms with van der Waals surface area (Å²) in [5.74, 6) is -0.442. The Balaban J connectivity index is 1.56. The van der Waals surface area contributed by atoms with Gasteiger partial charge in [-0.1, -0.05) is 12.1 Å². The van der Waals surface area contributed by atoms with Crippen LogP contribution in [0.5, 0.6) is 0 Å². The Morgan fingerprint density at radius 3 is 2.22 bits per heavy atom. The monoisotopic (exact) mass is 517 g/mol. The predicted octanol–water partition coefficient (Wildman–Crippen LogP) is 3.40. The quantitative estimate of drug-likeness (QED) is 0.336. The fourth-order valence-electron chi connectivity index (χ4n) is 4.30. The second-order valence-corrected chi connectivity index (χ2v) is 10.6. The molecule has 0 amide bonds. The van der Waals surface area contributed by atoms with Crippen LogP contribution in [0.2, 0.25) is 0 Å². The van der Waals surface area contributed by atoms with Gasteiger partial charge in [-0.05, 0) is 18.2 Å². The van der Waals surface area contributed by atoms with E-state index in [1.165, 1.54) is 24.3 Å². The molecule has 0 saturated carbocycles. The number of benzene rings is 2. The number of nitrogens with zero attached hydrogens (tertiary/aromatic N) is 5. The van der Waals surface area contributed by atoms with E-state index in [1.54, 1.807) is 27.5 Å². The summed E-state index contributed by atoms with van der Waals surface area (Å²) in [7, 11) is -3.57. The number of fused-ring (bicyclic) bond motifs is 1. The fraction of sp³-hybridized carbons (Fsp3) is 0.391. The van der Waals surface area contributed by atoms with E-state index < -0.39 is 18.4 Å². The standard InChI is InChI=1S/C23H25FN5O6P/c24-20-4-2-1-3-18(20)23-19-15-17(29(30)31)5-6-21(19)26-22(16-25-23)35-36(32,27-7-11-33-12-8-27)28-9-13-34-14-10-28/h1-6,15H,7-14,16H2. The van der Waals surface area contributed by atoms with Crippen LogP contribution in [-0.2, 0) is 18.6 Å². The average Bonchev–Trinajstić information content (AvgIpc) is 3.08. The number of hydrogen-bond acceptors (Lipinski definition) is 8. The molecule has 2 aromatic rings. The molecule has 3 aliphatic rings. The van der Waals surface area contributed by atoms with Crippen LogP contribution in [0.3, 0.4) is 0 Å². The van der Waals surface area contributed by atoms with Gasteiger partial charge in [0.05, 0.1) is 42.7 Å². The zero-order chi connectivity index (χ0) is 25.1. The molecule has 0 aliphatic carbocycles. The van der Waals surface area contributed by atoms with E-state index in [0.717, 1.165) is 0 Å². The number of aliphatic imine (C=N–C) groups is 2. The van der Waals surface area contributed by atoms with Crippen molar-refractivity contribution in [1.29, 1.82) is 0 Å². The molecule has 0 bridgehead atoms. The molecule has 36 heavy (non-hydrogen) atoms. The number of ether oxygens (including phenoxy) is 2. The van der Waals surface area contributed by atoms with Crippen molar-refractivity contribution in [3.05, 3.63) is 69.5 Å². The molecule has 0 aromatic heterocycles. The van der Waals surface area contributed by atoms with Crippen molar-refractivity contribution in [2.45, 2.75) is 0 Å². The first-order valence-electron chi connectivity index (χ1n) is 11.6. The van der Waals surface area contributed by atoms with Crippen LogP contribution in [0.15, 0.2) is 52.4 Å². The van der Waals surface area contributed by atoms with Crippen molar-refractivity contribution in [2.24, 2.45) is 9.98 Å². The van der Waals surface area contributed by atoms with Gasteiger partial charge in [-0.2, -0.15) is 0 Å². The second kappa shape index (κ2) is 10.5. The van der Waals surface area contributed by atoms with Gasteiger partial charge in [0.15, 0.2) is 0 Å². The third-order valence-corrected chi connectivity index (χ3v) is 8.79. The van der Waals surface area contributed by atoms with E-state index in [2.05, 4.69) is 9.98 Å². The van der Waals surface area contributed by atoms with Gasteiger partial charge in [-0.25, -0.2) is 23.3 Å². The lowest BCUT2D eigenvalue weighted by atomic mass is 9.99. The summed E-state index contributed by atoms with van der Waals surface area (Å²) in [5, 5.41) is 11.4. The number of nitro groups is 1. The maximum Gasteiger partial charge on any atom is 0.397 e. The highest BCUT2D eigenvalue weighted by molar-refractivity contribution is 7.54. The Labute approximate surface area is 206 Å². The van der Waals surface area contributed by atoms with E-state index >= 15 is 0 Å². The van der Waals surface area contributed by atoms with Gasteiger partial charge >= 0.3 is 7.67 Å². The zero-order valence-electron chi connectivity index (χ0n) is 19.4. The Hall–Kier alpha value is -3.02. The molecule has 2 aromatic carbocycles. The lowest BCUT2D eigenvalue weighted by molar-refractivity contribution is -0.384. The first kappa shape index (κ1) is 24.7. The van der Waals surface area contributed by atoms with E-state index in [4.69, 9.17) is 14.0 Å². The van der Waals surface area contributed by atoms with Crippen molar-refractivity contribution in [1.82, 2.24) is 9.34 Å². The van der Waals surface area contributed by atoms with Crippen molar-refractivity contribution in [2.75, 3.05) is 59.2 Å². The van der Waals surface area contributed by atoms with Crippen LogP contribution in [0.1, 0.15) is 11.1 Å². The van der Waals surface area contributed by atoms with E-state index in [9.17, 15) is 19.1 Å². The molecule has 0 spiro atoms. The van der Waals surface area contributed by atoms with Crippen molar-refractivity contribution in [3.8, 4) is 0 Å². The Morgan fingerprint density at radius 1 is 0.972 bits per heavy atom. The van der Waals surface area contributed by atoms with Gasteiger partial charge in [-0.3, -0.25) is 15.1 Å². The summed E-state index contributed by atoms with van der Waals surface area (Å²) in [5.41, 5.74) is 0.817. The molecule has 13 heteroatoms. The third-order valence-electron chi connectivity index (χ3n) is 6.11. The third kappa shape index (κ3) is 4.95. The number of morpholine rings is 2. The largest absolute Gasteiger partial charge is 0.405 e. The molecule has 2 fully saturated rings. The van der Waals surface area contributed by atoms with Crippen molar-refractivity contribution >= 4 is 30.7 Å². The number of non-ortho nitro benzene ring substituents is 1. The van der Waals surface area contributed by atoms with E-state index in [0.29, 0.717) is 63.9 Å². The summed E-state index contributed by atoms with van der Waals surface area (Å²) in [6.07, 6.45) is 0. The minimum Gasteiger partial charge on any atom is -0.405 e. The molecule has 0 unspecified atom stereocenters. The van der Waals surface area contributed by atoms with E-state index in [-0.39, 0.29) is 29.4 Å². The fourth-order valence-corrected chi connectivity index (χ4v) is 6.60. The second-order valence-electron chi connectivity index (χ2n) is 8.32. The molecule has 3 heterocycles. The normalized spacial score (nSPS) is 19.6. The van der Waals surface area contributed by atoms with Crippen LogP contribution < -0.4 is 0 Å². The molecule has 3 aliphatic heterocycles. The summed E-state index contributed by atoms with van der Waals surface area (Å²) >= 11 is 0. The minimum atomic E-state index is -3.57. The molecule has 11 nitrogen and oxygen atoms in total. The van der Waals surface area contributed by atoms with Gasteiger partial charge < -0.3 is 14.0 Å². The first-order chi connectivity index (χ1) is 17.5. The lowest BCUT2D eigenvalue weighted by Gasteiger charge is -2.40. The first-order valence-corrected chi connectivity index (χ1v) is 13.1. The molecular weight excluding hydrogens is 492 g/mol. The highest BCUT2D eigenvalue weighted by atomic mass is 31.2. The maximum absolute atomic E-state index is 14.7. The highest BCUT2D eigenvalue weighted by Crippen LogP contribution is 2.55. The lowest BCUT2D eigenvalue weighted by Crippen LogP contribution is -2.44. The molecular formula is C23H25FN5O6P. The van der Waals surface area contributed by atoms with Crippen LogP contribution in [0.25, 0.3) is 0 Å². The molecule has 0 N–H and O–H groups in total. The summed E-state index contributed by atoms with van der Waals surface area (Å²) < 4.78 is 49.8. The van der Waals surface area contributed by atoms with Crippen LogP contribution in [-0.4, -0.2) is 85.0 Å². The Kier molecular flexibility index (Phi) is 7.22. The smallest absolute Gasteiger partial charge is 0.397 e. The summed E-state index contributed by atoms with van der Waals surface area (Å²) in [4.78, 5) is 20.0. The zero-order valence-corrected chi connectivity index (χ0v) is 20.3. The van der Waals surface area contributed by atoms with Gasteiger partial charge in [0.2, 0.25) is 5.90 Å². The maximum atomic E-state index is 14.7. The summed E-state index contributed by atoms with van der Waals surface area (Å²) in [6, 6.07) is 10.2. The summed E-state index contributed by atoms with van der Waals surface area (Å²) in [6.45, 7) is 3.27. The van der Waals surface area contributed by atoms with Crippen LogP contribution in [0, 0.1) is 15.9 Å².